The summed E-state index contributed by atoms with van der Waals surface area (Å²) < 4.78 is 5.77. The second-order valence-electron chi connectivity index (χ2n) is 4.60. The fraction of sp³-hybridized carbons (Fsp3) is 0.500. The number of unbranched alkanes of at least 4 members (excludes halogenated alkanes) is 2. The lowest BCUT2D eigenvalue weighted by Gasteiger charge is -1.97. The van der Waals surface area contributed by atoms with Crippen molar-refractivity contribution in [2.45, 2.75) is 39.5 Å². The number of rotatable bonds is 6. The Bertz CT molecular complexity index is 475. The molecule has 1 N–H and O–H groups in total. The molecular formula is C16H21ClO2. The molecule has 1 aromatic heterocycles. The molecule has 0 radical (unpaired) electrons. The molecule has 0 saturated heterocycles. The van der Waals surface area contributed by atoms with Crippen LogP contribution < -0.4 is 0 Å². The molecule has 0 amide bonds. The van der Waals surface area contributed by atoms with Gasteiger partial charge >= 0.3 is 0 Å². The summed E-state index contributed by atoms with van der Waals surface area (Å²) in [4.78, 5) is 0. The zero-order valence-corrected chi connectivity index (χ0v) is 12.4. The first-order chi connectivity index (χ1) is 9.17. The van der Waals surface area contributed by atoms with E-state index in [1.807, 2.05) is 19.1 Å². The maximum absolute atomic E-state index is 8.98. The molecule has 0 bridgehead atoms. The van der Waals surface area contributed by atoms with Gasteiger partial charge in [-0.25, -0.2) is 0 Å². The van der Waals surface area contributed by atoms with Gasteiger partial charge in [0.05, 0.1) is 12.5 Å². The van der Waals surface area contributed by atoms with E-state index in [0.29, 0.717) is 5.88 Å². The van der Waals surface area contributed by atoms with Gasteiger partial charge in [-0.2, -0.15) is 0 Å². The third-order valence-electron chi connectivity index (χ3n) is 2.83. The molecule has 3 heteroatoms. The fourth-order valence-electron chi connectivity index (χ4n) is 1.79. The summed E-state index contributed by atoms with van der Waals surface area (Å²) in [5.41, 5.74) is 2.07. The smallest absolute Gasteiger partial charge is 0.127 e. The third kappa shape index (κ3) is 6.00. The fourth-order valence-corrected chi connectivity index (χ4v) is 1.88. The first-order valence-electron chi connectivity index (χ1n) is 6.56. The molecule has 0 aromatic carbocycles. The summed E-state index contributed by atoms with van der Waals surface area (Å²) in [5, 5.41) is 8.98. The van der Waals surface area contributed by atoms with Gasteiger partial charge in [0.15, 0.2) is 0 Å². The minimum atomic E-state index is 0.0638. The van der Waals surface area contributed by atoms with E-state index in [1.165, 1.54) is 5.56 Å². The second-order valence-corrected chi connectivity index (χ2v) is 4.87. The van der Waals surface area contributed by atoms with Crippen LogP contribution in [0.25, 0.3) is 6.08 Å². The number of halogens is 1. The van der Waals surface area contributed by atoms with E-state index in [-0.39, 0.29) is 6.61 Å². The van der Waals surface area contributed by atoms with Gasteiger partial charge in [0, 0.05) is 12.8 Å². The van der Waals surface area contributed by atoms with Crippen LogP contribution in [0.3, 0.4) is 0 Å². The van der Waals surface area contributed by atoms with Crippen LogP contribution in [0, 0.1) is 18.8 Å². The monoisotopic (exact) mass is 280 g/mol. The highest BCUT2D eigenvalue weighted by Gasteiger charge is 2.05. The van der Waals surface area contributed by atoms with Crippen LogP contribution in [0.5, 0.6) is 0 Å². The van der Waals surface area contributed by atoms with Gasteiger partial charge in [0.2, 0.25) is 0 Å². The number of hydrogen-bond acceptors (Lipinski definition) is 2. The van der Waals surface area contributed by atoms with E-state index in [9.17, 15) is 0 Å². The number of hydrogen-bond donors (Lipinski definition) is 1. The number of aliphatic hydroxyl groups is 1. The Morgan fingerprint density at radius 1 is 1.42 bits per heavy atom. The van der Waals surface area contributed by atoms with Gasteiger partial charge in [-0.05, 0) is 50.0 Å². The highest BCUT2D eigenvalue weighted by molar-refractivity contribution is 6.19. The number of aliphatic hydroxyl groups excluding tert-OH is 1. The van der Waals surface area contributed by atoms with E-state index in [1.54, 1.807) is 0 Å². The third-order valence-corrected chi connectivity index (χ3v) is 2.96. The minimum Gasteiger partial charge on any atom is -0.461 e. The van der Waals surface area contributed by atoms with Crippen molar-refractivity contribution in [3.05, 3.63) is 28.7 Å². The first-order valence-corrected chi connectivity index (χ1v) is 7.10. The van der Waals surface area contributed by atoms with Crippen LogP contribution in [0.4, 0.5) is 0 Å². The van der Waals surface area contributed by atoms with Crippen molar-refractivity contribution in [3.8, 4) is 11.8 Å². The van der Waals surface area contributed by atoms with E-state index >= 15 is 0 Å². The Morgan fingerprint density at radius 2 is 2.21 bits per heavy atom. The Labute approximate surface area is 120 Å². The number of alkyl halides is 1. The predicted octanol–water partition coefficient (Wildman–Crippen LogP) is 3.94. The predicted molar refractivity (Wildman–Crippen MR) is 80.2 cm³/mol. The zero-order chi connectivity index (χ0) is 14.1. The maximum Gasteiger partial charge on any atom is 0.127 e. The minimum absolute atomic E-state index is 0.0638. The summed E-state index contributed by atoms with van der Waals surface area (Å²) in [6.45, 7) is 4.00. The zero-order valence-electron chi connectivity index (χ0n) is 11.6. The maximum atomic E-state index is 8.98. The van der Waals surface area contributed by atoms with Crippen molar-refractivity contribution >= 4 is 17.7 Å². The van der Waals surface area contributed by atoms with Crippen LogP contribution in [0.1, 0.15) is 43.3 Å². The molecule has 104 valence electrons. The van der Waals surface area contributed by atoms with Crippen molar-refractivity contribution in [2.24, 2.45) is 0 Å². The SMILES string of the molecule is C/C(=C/c1cc(C)c(CCCCC#CCCl)o1)CO. The number of furan rings is 1. The summed E-state index contributed by atoms with van der Waals surface area (Å²) in [5.74, 6) is 8.14. The Balaban J connectivity index is 2.46. The topological polar surface area (TPSA) is 33.4 Å². The van der Waals surface area contributed by atoms with E-state index in [2.05, 4.69) is 18.8 Å². The van der Waals surface area contributed by atoms with Crippen LogP contribution >= 0.6 is 11.6 Å². The quantitative estimate of drug-likeness (QED) is 0.486. The summed E-state index contributed by atoms with van der Waals surface area (Å²) in [6, 6.07) is 2.02. The molecular weight excluding hydrogens is 260 g/mol. The van der Waals surface area contributed by atoms with E-state index in [4.69, 9.17) is 21.1 Å². The molecule has 0 fully saturated rings. The molecule has 0 spiro atoms. The summed E-state index contributed by atoms with van der Waals surface area (Å²) in [6.07, 6.45) is 5.82. The molecule has 0 unspecified atom stereocenters. The van der Waals surface area contributed by atoms with Crippen molar-refractivity contribution < 1.29 is 9.52 Å². The normalized spacial score (nSPS) is 11.3. The molecule has 2 nitrogen and oxygen atoms in total. The molecule has 0 aliphatic rings. The molecule has 1 rings (SSSR count). The molecule has 0 aliphatic heterocycles. The highest BCUT2D eigenvalue weighted by atomic mass is 35.5. The largest absolute Gasteiger partial charge is 0.461 e. The lowest BCUT2D eigenvalue weighted by molar-refractivity contribution is 0.332. The molecule has 1 heterocycles. The van der Waals surface area contributed by atoms with Crippen LogP contribution in [0.15, 0.2) is 16.1 Å². The highest BCUT2D eigenvalue weighted by Crippen LogP contribution is 2.19. The second kappa shape index (κ2) is 8.85. The van der Waals surface area contributed by atoms with Crippen LogP contribution in [0.2, 0.25) is 0 Å². The Hall–Kier alpha value is -1.17. The standard InChI is InChI=1S/C16H21ClO2/c1-13(12-18)10-15-11-14(2)16(19-15)8-6-4-3-5-7-9-17/h10-11,18H,3-4,6,8-9,12H2,1-2H3/b13-10-. The number of aryl methyl sites for hydroxylation is 2. The molecule has 1 aromatic rings. The molecule has 0 atom stereocenters. The van der Waals surface area contributed by atoms with Gasteiger partial charge in [0.25, 0.3) is 0 Å². The summed E-state index contributed by atoms with van der Waals surface area (Å²) in [7, 11) is 0. The average Bonchev–Trinajstić information content (AvgIpc) is 2.73. The molecule has 0 saturated carbocycles. The average molecular weight is 281 g/mol. The van der Waals surface area contributed by atoms with Crippen molar-refractivity contribution in [3.63, 3.8) is 0 Å². The molecule has 19 heavy (non-hydrogen) atoms. The summed E-state index contributed by atoms with van der Waals surface area (Å²) >= 11 is 5.48. The Morgan fingerprint density at radius 3 is 2.89 bits per heavy atom. The van der Waals surface area contributed by atoms with Gasteiger partial charge in [-0.3, -0.25) is 0 Å². The Kier molecular flexibility index (Phi) is 7.40. The van der Waals surface area contributed by atoms with Gasteiger partial charge in [0.1, 0.15) is 11.5 Å². The lowest BCUT2D eigenvalue weighted by atomic mass is 10.1. The van der Waals surface area contributed by atoms with Gasteiger partial charge in [-0.15, -0.1) is 17.5 Å². The van der Waals surface area contributed by atoms with Crippen LogP contribution in [-0.4, -0.2) is 17.6 Å². The van der Waals surface area contributed by atoms with E-state index in [0.717, 1.165) is 42.8 Å². The van der Waals surface area contributed by atoms with Gasteiger partial charge in [-0.1, -0.05) is 5.92 Å². The van der Waals surface area contributed by atoms with E-state index < -0.39 is 0 Å². The van der Waals surface area contributed by atoms with Gasteiger partial charge < -0.3 is 9.52 Å². The van der Waals surface area contributed by atoms with Crippen molar-refractivity contribution in [2.75, 3.05) is 12.5 Å². The molecule has 0 aliphatic carbocycles. The van der Waals surface area contributed by atoms with Crippen molar-refractivity contribution in [1.29, 1.82) is 0 Å². The first kappa shape index (κ1) is 15.9. The van der Waals surface area contributed by atoms with Crippen molar-refractivity contribution in [1.82, 2.24) is 0 Å². The lowest BCUT2D eigenvalue weighted by Crippen LogP contribution is -1.85. The van der Waals surface area contributed by atoms with Crippen LogP contribution in [-0.2, 0) is 6.42 Å².